The molecule has 0 bridgehead atoms. The molecule has 5 heteroatoms. The summed E-state index contributed by atoms with van der Waals surface area (Å²) in [5, 5.41) is 11.2. The first-order valence-electron chi connectivity index (χ1n) is 6.20. The number of nitrogens with one attached hydrogen (secondary N) is 1. The summed E-state index contributed by atoms with van der Waals surface area (Å²) < 4.78 is 5.46. The van der Waals surface area contributed by atoms with Crippen molar-refractivity contribution in [3.8, 4) is 0 Å². The van der Waals surface area contributed by atoms with Gasteiger partial charge >= 0.3 is 5.97 Å². The van der Waals surface area contributed by atoms with Crippen LogP contribution in [-0.4, -0.2) is 35.7 Å². The number of hydrogen-bond acceptors (Lipinski definition) is 3. The van der Waals surface area contributed by atoms with E-state index in [-0.39, 0.29) is 31.1 Å². The van der Waals surface area contributed by atoms with E-state index in [0.717, 1.165) is 12.8 Å². The first kappa shape index (κ1) is 14.0. The van der Waals surface area contributed by atoms with E-state index in [1.807, 2.05) is 0 Å². The smallest absolute Gasteiger partial charge is 0.303 e. The number of aliphatic carboxylic acids is 1. The Morgan fingerprint density at radius 1 is 1.41 bits per heavy atom. The molecule has 0 saturated heterocycles. The molecular weight excluding hydrogens is 222 g/mol. The highest BCUT2D eigenvalue weighted by atomic mass is 16.5. The van der Waals surface area contributed by atoms with Crippen molar-refractivity contribution in [1.29, 1.82) is 0 Å². The summed E-state index contributed by atoms with van der Waals surface area (Å²) in [6.07, 6.45) is 5.21. The summed E-state index contributed by atoms with van der Waals surface area (Å²) in [6, 6.07) is -0.120. The van der Waals surface area contributed by atoms with E-state index < -0.39 is 5.97 Å². The Hall–Kier alpha value is -1.10. The van der Waals surface area contributed by atoms with Gasteiger partial charge in [0.1, 0.15) is 6.61 Å². The molecule has 2 N–H and O–H groups in total. The maximum Gasteiger partial charge on any atom is 0.303 e. The molecule has 0 radical (unpaired) electrons. The number of carboxylic acid groups (broad SMARTS) is 1. The van der Waals surface area contributed by atoms with Crippen LogP contribution in [0.2, 0.25) is 0 Å². The zero-order chi connectivity index (χ0) is 12.7. The molecule has 17 heavy (non-hydrogen) atoms. The third-order valence-electron chi connectivity index (χ3n) is 2.95. The minimum atomic E-state index is -0.840. The Morgan fingerprint density at radius 2 is 2.06 bits per heavy atom. The average Bonchev–Trinajstić information content (AvgIpc) is 2.76. The van der Waals surface area contributed by atoms with E-state index in [4.69, 9.17) is 9.84 Å². The lowest BCUT2D eigenvalue weighted by molar-refractivity contribution is -0.137. The van der Waals surface area contributed by atoms with Gasteiger partial charge in [-0.2, -0.15) is 0 Å². The van der Waals surface area contributed by atoms with Gasteiger partial charge in [-0.25, -0.2) is 0 Å². The van der Waals surface area contributed by atoms with Crippen molar-refractivity contribution < 1.29 is 19.4 Å². The van der Waals surface area contributed by atoms with Gasteiger partial charge in [-0.3, -0.25) is 9.59 Å². The molecular formula is C12H21NO4. The zero-order valence-corrected chi connectivity index (χ0v) is 10.3. The van der Waals surface area contributed by atoms with Crippen LogP contribution >= 0.6 is 0 Å². The second kappa shape index (κ2) is 7.27. The summed E-state index contributed by atoms with van der Waals surface area (Å²) >= 11 is 0. The molecule has 1 aliphatic rings. The van der Waals surface area contributed by atoms with E-state index in [1.54, 1.807) is 6.92 Å². The fraction of sp³-hybridized carbons (Fsp3) is 0.833. The van der Waals surface area contributed by atoms with Crippen LogP contribution in [0.1, 0.15) is 45.4 Å². The van der Waals surface area contributed by atoms with Crippen LogP contribution in [0, 0.1) is 0 Å². The number of ether oxygens (including phenoxy) is 1. The number of carbonyl (C=O) groups excluding carboxylic acids is 1. The SMILES string of the molecule is CC(CCC(=O)O)NC(=O)COC1CCCC1. The molecule has 98 valence electrons. The van der Waals surface area contributed by atoms with Gasteiger partial charge in [-0.05, 0) is 26.2 Å². The van der Waals surface area contributed by atoms with Gasteiger partial charge in [-0.1, -0.05) is 12.8 Å². The van der Waals surface area contributed by atoms with Crippen LogP contribution in [0.5, 0.6) is 0 Å². The second-order valence-corrected chi connectivity index (χ2v) is 4.62. The van der Waals surface area contributed by atoms with Gasteiger partial charge in [-0.15, -0.1) is 0 Å². The van der Waals surface area contributed by atoms with Crippen molar-refractivity contribution in [2.24, 2.45) is 0 Å². The molecule has 5 nitrogen and oxygen atoms in total. The molecule has 1 saturated carbocycles. The number of amides is 1. The molecule has 1 rings (SSSR count). The first-order valence-corrected chi connectivity index (χ1v) is 6.20. The van der Waals surface area contributed by atoms with Gasteiger partial charge in [0.2, 0.25) is 5.91 Å². The number of hydrogen-bond donors (Lipinski definition) is 2. The summed E-state index contributed by atoms with van der Waals surface area (Å²) in [4.78, 5) is 21.8. The van der Waals surface area contributed by atoms with Crippen molar-refractivity contribution in [3.63, 3.8) is 0 Å². The van der Waals surface area contributed by atoms with Crippen molar-refractivity contribution in [2.45, 2.75) is 57.6 Å². The Balaban J connectivity index is 2.08. The van der Waals surface area contributed by atoms with E-state index >= 15 is 0 Å². The number of carboxylic acids is 1. The zero-order valence-electron chi connectivity index (χ0n) is 10.3. The fourth-order valence-corrected chi connectivity index (χ4v) is 1.98. The minimum absolute atomic E-state index is 0.0743. The van der Waals surface area contributed by atoms with Gasteiger partial charge in [0.15, 0.2) is 0 Å². The third-order valence-corrected chi connectivity index (χ3v) is 2.95. The average molecular weight is 243 g/mol. The predicted octanol–water partition coefficient (Wildman–Crippen LogP) is 1.32. The molecule has 1 amide bonds. The van der Waals surface area contributed by atoms with Crippen LogP contribution in [0.4, 0.5) is 0 Å². The van der Waals surface area contributed by atoms with Gasteiger partial charge in [0.25, 0.3) is 0 Å². The third kappa shape index (κ3) is 6.26. The Bertz CT molecular complexity index is 261. The highest BCUT2D eigenvalue weighted by molar-refractivity contribution is 5.77. The van der Waals surface area contributed by atoms with Crippen LogP contribution in [-0.2, 0) is 14.3 Å². The molecule has 1 aliphatic carbocycles. The molecule has 1 atom stereocenters. The van der Waals surface area contributed by atoms with Crippen LogP contribution in [0.25, 0.3) is 0 Å². The van der Waals surface area contributed by atoms with Gasteiger partial charge in [0.05, 0.1) is 6.10 Å². The van der Waals surface area contributed by atoms with E-state index in [9.17, 15) is 9.59 Å². The van der Waals surface area contributed by atoms with Crippen molar-refractivity contribution in [2.75, 3.05) is 6.61 Å². The van der Waals surface area contributed by atoms with Crippen LogP contribution in [0.15, 0.2) is 0 Å². The topological polar surface area (TPSA) is 75.6 Å². The van der Waals surface area contributed by atoms with Gasteiger partial charge in [0, 0.05) is 12.5 Å². The highest BCUT2D eigenvalue weighted by Crippen LogP contribution is 2.20. The number of rotatable bonds is 7. The molecule has 1 unspecified atom stereocenters. The monoisotopic (exact) mass is 243 g/mol. The molecule has 0 aromatic rings. The Kier molecular flexibility index (Phi) is 5.97. The van der Waals surface area contributed by atoms with Crippen molar-refractivity contribution >= 4 is 11.9 Å². The lowest BCUT2D eigenvalue weighted by Crippen LogP contribution is -2.36. The summed E-state index contributed by atoms with van der Waals surface area (Å²) in [5.74, 6) is -0.997. The van der Waals surface area contributed by atoms with Crippen molar-refractivity contribution in [1.82, 2.24) is 5.32 Å². The molecule has 1 fully saturated rings. The maximum absolute atomic E-state index is 11.5. The fourth-order valence-electron chi connectivity index (χ4n) is 1.98. The largest absolute Gasteiger partial charge is 0.481 e. The summed E-state index contributed by atoms with van der Waals surface area (Å²) in [6.45, 7) is 1.89. The van der Waals surface area contributed by atoms with Crippen molar-refractivity contribution in [3.05, 3.63) is 0 Å². The molecule has 0 spiro atoms. The normalized spacial score (nSPS) is 17.9. The molecule has 0 aliphatic heterocycles. The van der Waals surface area contributed by atoms with E-state index in [0.29, 0.717) is 6.42 Å². The first-order chi connectivity index (χ1) is 8.08. The lowest BCUT2D eigenvalue weighted by Gasteiger charge is -2.14. The molecule has 0 aromatic heterocycles. The summed E-state index contributed by atoms with van der Waals surface area (Å²) in [5.41, 5.74) is 0. The van der Waals surface area contributed by atoms with Crippen LogP contribution < -0.4 is 5.32 Å². The summed E-state index contributed by atoms with van der Waals surface area (Å²) in [7, 11) is 0. The maximum atomic E-state index is 11.5. The van der Waals surface area contributed by atoms with Gasteiger partial charge < -0.3 is 15.2 Å². The van der Waals surface area contributed by atoms with E-state index in [1.165, 1.54) is 12.8 Å². The Morgan fingerprint density at radius 3 is 2.65 bits per heavy atom. The molecule has 0 aromatic carbocycles. The quantitative estimate of drug-likeness (QED) is 0.707. The molecule has 0 heterocycles. The minimum Gasteiger partial charge on any atom is -0.481 e. The number of carbonyl (C=O) groups is 2. The highest BCUT2D eigenvalue weighted by Gasteiger charge is 2.17. The second-order valence-electron chi connectivity index (χ2n) is 4.62. The van der Waals surface area contributed by atoms with Crippen LogP contribution in [0.3, 0.4) is 0 Å². The van der Waals surface area contributed by atoms with E-state index in [2.05, 4.69) is 5.32 Å². The predicted molar refractivity (Wildman–Crippen MR) is 62.7 cm³/mol. The lowest BCUT2D eigenvalue weighted by atomic mass is 10.2. The Labute approximate surface area is 102 Å². The standard InChI is InChI=1S/C12H21NO4/c1-9(6-7-12(15)16)13-11(14)8-17-10-4-2-3-5-10/h9-10H,2-8H2,1H3,(H,13,14)(H,15,16).